The molecule has 2 aromatic heterocycles. The second kappa shape index (κ2) is 5.60. The van der Waals surface area contributed by atoms with Crippen LogP contribution in [0.4, 0.5) is 13.2 Å². The Morgan fingerprint density at radius 3 is 2.79 bits per heavy atom. The monoisotopic (exact) mass is 309 g/mol. The van der Waals surface area contributed by atoms with E-state index in [0.717, 1.165) is 10.2 Å². The largest absolute Gasteiger partial charge is 0.390 e. The second-order valence-electron chi connectivity index (χ2n) is 4.17. The van der Waals surface area contributed by atoms with Gasteiger partial charge in [0.25, 0.3) is 0 Å². The Morgan fingerprint density at radius 1 is 1.37 bits per heavy atom. The van der Waals surface area contributed by atoms with Crippen LogP contribution in [0.1, 0.15) is 12.2 Å². The Balaban J connectivity index is 2.04. The molecule has 0 saturated carbocycles. The van der Waals surface area contributed by atoms with E-state index in [2.05, 4.69) is 9.97 Å². The minimum atomic E-state index is -4.15. The molecule has 0 N–H and O–H groups in total. The lowest BCUT2D eigenvalue weighted by atomic mass is 10.3. The molecule has 0 amide bonds. The van der Waals surface area contributed by atoms with Crippen molar-refractivity contribution in [1.82, 2.24) is 14.9 Å². The predicted molar refractivity (Wildman–Crippen MR) is 69.4 cm³/mol. The summed E-state index contributed by atoms with van der Waals surface area (Å²) >= 11 is 7.42. The Bertz CT molecular complexity index is 570. The van der Waals surface area contributed by atoms with Crippen LogP contribution in [0.2, 0.25) is 5.15 Å². The van der Waals surface area contributed by atoms with Crippen molar-refractivity contribution >= 4 is 33.2 Å². The van der Waals surface area contributed by atoms with Crippen molar-refractivity contribution in [2.45, 2.75) is 19.1 Å². The zero-order chi connectivity index (χ0) is 14.0. The maximum Gasteiger partial charge on any atom is 0.390 e. The number of aromatic nitrogens is 2. The molecule has 104 valence electrons. The first-order chi connectivity index (χ1) is 8.85. The highest BCUT2D eigenvalue weighted by Gasteiger charge is 2.27. The van der Waals surface area contributed by atoms with Gasteiger partial charge in [-0.1, -0.05) is 11.6 Å². The average Bonchev–Trinajstić information content (AvgIpc) is 2.74. The van der Waals surface area contributed by atoms with Gasteiger partial charge in [0.1, 0.15) is 15.8 Å². The molecule has 0 fully saturated rings. The van der Waals surface area contributed by atoms with Crippen LogP contribution in [0.3, 0.4) is 0 Å². The first-order valence-electron chi connectivity index (χ1n) is 5.50. The lowest BCUT2D eigenvalue weighted by molar-refractivity contribution is -0.137. The van der Waals surface area contributed by atoms with Crippen LogP contribution in [0, 0.1) is 0 Å². The zero-order valence-electron chi connectivity index (χ0n) is 10.0. The molecule has 0 spiro atoms. The fourth-order valence-corrected chi connectivity index (χ4v) is 2.66. The average molecular weight is 310 g/mol. The summed E-state index contributed by atoms with van der Waals surface area (Å²) in [5, 5.41) is 2.96. The summed E-state index contributed by atoms with van der Waals surface area (Å²) < 4.78 is 36.3. The minimum Gasteiger partial charge on any atom is -0.299 e. The number of fused-ring (bicyclic) bond motifs is 1. The number of nitrogens with zero attached hydrogens (tertiary/aromatic N) is 3. The van der Waals surface area contributed by atoms with E-state index in [4.69, 9.17) is 11.6 Å². The summed E-state index contributed by atoms with van der Waals surface area (Å²) in [6, 6.07) is 1.82. The van der Waals surface area contributed by atoms with Crippen LogP contribution >= 0.6 is 22.9 Å². The van der Waals surface area contributed by atoms with Crippen molar-refractivity contribution < 1.29 is 13.2 Å². The zero-order valence-corrected chi connectivity index (χ0v) is 11.6. The third kappa shape index (κ3) is 4.02. The normalized spacial score (nSPS) is 12.5. The molecule has 3 nitrogen and oxygen atoms in total. The van der Waals surface area contributed by atoms with Crippen LogP contribution in [0.15, 0.2) is 11.4 Å². The van der Waals surface area contributed by atoms with E-state index in [-0.39, 0.29) is 13.1 Å². The maximum absolute atomic E-state index is 12.1. The molecule has 19 heavy (non-hydrogen) atoms. The van der Waals surface area contributed by atoms with Crippen molar-refractivity contribution in [2.75, 3.05) is 13.6 Å². The number of hydrogen-bond acceptors (Lipinski definition) is 4. The first kappa shape index (κ1) is 14.5. The molecule has 0 aliphatic carbocycles. The van der Waals surface area contributed by atoms with Gasteiger partial charge in [-0.15, -0.1) is 11.3 Å². The molecule has 0 bridgehead atoms. The molecule has 0 atom stereocenters. The van der Waals surface area contributed by atoms with Crippen LogP contribution < -0.4 is 0 Å². The summed E-state index contributed by atoms with van der Waals surface area (Å²) in [6.07, 6.45) is -5.00. The molecule has 0 saturated heterocycles. The van der Waals surface area contributed by atoms with E-state index in [1.54, 1.807) is 7.05 Å². The van der Waals surface area contributed by atoms with E-state index in [1.165, 1.54) is 16.2 Å². The number of hydrogen-bond donors (Lipinski definition) is 0. The summed E-state index contributed by atoms with van der Waals surface area (Å²) in [5.41, 5.74) is 0. The summed E-state index contributed by atoms with van der Waals surface area (Å²) in [7, 11) is 1.60. The fraction of sp³-hybridized carbons (Fsp3) is 0.455. The number of thiophene rings is 1. The van der Waals surface area contributed by atoms with Gasteiger partial charge < -0.3 is 0 Å². The quantitative estimate of drug-likeness (QED) is 0.806. The van der Waals surface area contributed by atoms with E-state index in [1.807, 2.05) is 11.4 Å². The highest BCUT2D eigenvalue weighted by molar-refractivity contribution is 7.16. The Hall–Kier alpha value is -0.920. The number of halogens is 4. The SMILES string of the molecule is CN(CCC(F)(F)F)Cc1nc(Cl)c2ccsc2n1. The van der Waals surface area contributed by atoms with Crippen molar-refractivity contribution in [2.24, 2.45) is 0 Å². The third-order valence-electron chi connectivity index (χ3n) is 2.51. The Kier molecular flexibility index (Phi) is 4.27. The van der Waals surface area contributed by atoms with Gasteiger partial charge in [-0.25, -0.2) is 9.97 Å². The van der Waals surface area contributed by atoms with E-state index in [0.29, 0.717) is 11.0 Å². The summed E-state index contributed by atoms with van der Waals surface area (Å²) in [4.78, 5) is 10.7. The molecule has 2 aromatic rings. The molecule has 0 radical (unpaired) electrons. The minimum absolute atomic E-state index is 0.0903. The topological polar surface area (TPSA) is 29.0 Å². The molecule has 0 aromatic carbocycles. The molecule has 0 unspecified atom stereocenters. The highest BCUT2D eigenvalue weighted by Crippen LogP contribution is 2.25. The maximum atomic E-state index is 12.1. The van der Waals surface area contributed by atoms with Gasteiger partial charge >= 0.3 is 6.18 Å². The van der Waals surface area contributed by atoms with Gasteiger partial charge in [0.2, 0.25) is 0 Å². The molecule has 0 aliphatic heterocycles. The van der Waals surface area contributed by atoms with Gasteiger partial charge in [-0.05, 0) is 18.5 Å². The first-order valence-corrected chi connectivity index (χ1v) is 6.76. The summed E-state index contributed by atoms with van der Waals surface area (Å²) in [5.74, 6) is 0.435. The van der Waals surface area contributed by atoms with Crippen molar-refractivity contribution in [3.63, 3.8) is 0 Å². The van der Waals surface area contributed by atoms with Gasteiger partial charge in [-0.2, -0.15) is 13.2 Å². The van der Waals surface area contributed by atoms with Gasteiger partial charge in [-0.3, -0.25) is 4.90 Å². The summed E-state index contributed by atoms with van der Waals surface area (Å²) in [6.45, 7) is 0.149. The van der Waals surface area contributed by atoms with E-state index >= 15 is 0 Å². The Morgan fingerprint density at radius 2 is 2.11 bits per heavy atom. The molecule has 2 heterocycles. The number of rotatable bonds is 4. The van der Waals surface area contributed by atoms with Gasteiger partial charge in [0.05, 0.1) is 13.0 Å². The van der Waals surface area contributed by atoms with E-state index < -0.39 is 12.6 Å². The molecule has 8 heteroatoms. The fourth-order valence-electron chi connectivity index (χ4n) is 1.57. The third-order valence-corrected chi connectivity index (χ3v) is 3.61. The standard InChI is InChI=1S/C11H11ClF3N3S/c1-18(4-3-11(13,14)15)6-8-16-9(12)7-2-5-19-10(7)17-8/h2,5H,3-4,6H2,1H3. The lowest BCUT2D eigenvalue weighted by Gasteiger charge is -2.16. The van der Waals surface area contributed by atoms with Crippen molar-refractivity contribution in [3.8, 4) is 0 Å². The van der Waals surface area contributed by atoms with Crippen LogP contribution in [-0.2, 0) is 6.54 Å². The molecule has 0 aliphatic rings. The predicted octanol–water partition coefficient (Wildman–Crippen LogP) is 3.73. The van der Waals surface area contributed by atoms with Crippen molar-refractivity contribution in [1.29, 1.82) is 0 Å². The molecular formula is C11H11ClF3N3S. The van der Waals surface area contributed by atoms with Crippen molar-refractivity contribution in [3.05, 3.63) is 22.4 Å². The molecular weight excluding hydrogens is 299 g/mol. The van der Waals surface area contributed by atoms with Gasteiger partial charge in [0.15, 0.2) is 0 Å². The smallest absolute Gasteiger partial charge is 0.299 e. The van der Waals surface area contributed by atoms with Crippen LogP contribution in [-0.4, -0.2) is 34.6 Å². The van der Waals surface area contributed by atoms with Gasteiger partial charge in [0, 0.05) is 11.9 Å². The van der Waals surface area contributed by atoms with Crippen LogP contribution in [0.25, 0.3) is 10.2 Å². The number of alkyl halides is 3. The highest BCUT2D eigenvalue weighted by atomic mass is 35.5. The van der Waals surface area contributed by atoms with E-state index in [9.17, 15) is 13.2 Å². The Labute approximate surface area is 117 Å². The molecule has 2 rings (SSSR count). The lowest BCUT2D eigenvalue weighted by Crippen LogP contribution is -2.25. The van der Waals surface area contributed by atoms with Crippen LogP contribution in [0.5, 0.6) is 0 Å². The second-order valence-corrected chi connectivity index (χ2v) is 5.43.